The molecular weight excluding hydrogens is 670 g/mol. The van der Waals surface area contributed by atoms with E-state index in [0.29, 0.717) is 33.4 Å². The molecular formula is C45H36F6O. The van der Waals surface area contributed by atoms with Crippen LogP contribution in [0.4, 0.5) is 26.3 Å². The van der Waals surface area contributed by atoms with Crippen molar-refractivity contribution >= 4 is 5.78 Å². The molecule has 0 saturated carbocycles. The number of benzene rings is 6. The van der Waals surface area contributed by atoms with Gasteiger partial charge >= 0.3 is 12.4 Å². The van der Waals surface area contributed by atoms with Gasteiger partial charge in [0.05, 0.1) is 23.0 Å². The van der Waals surface area contributed by atoms with Crippen LogP contribution in [0.2, 0.25) is 0 Å². The molecule has 4 atom stereocenters. The highest BCUT2D eigenvalue weighted by Gasteiger charge is 2.42. The van der Waals surface area contributed by atoms with Crippen LogP contribution in [0.25, 0.3) is 0 Å². The third-order valence-corrected chi connectivity index (χ3v) is 9.62. The third kappa shape index (κ3) is 8.04. The Morgan fingerprint density at radius 3 is 1.06 bits per heavy atom. The summed E-state index contributed by atoms with van der Waals surface area (Å²) in [6, 6.07) is 42.6. The summed E-state index contributed by atoms with van der Waals surface area (Å²) in [6.07, 6.45) is -9.26. The lowest BCUT2D eigenvalue weighted by Gasteiger charge is -2.35. The number of hydrogen-bond acceptors (Lipinski definition) is 1. The van der Waals surface area contributed by atoms with Crippen molar-refractivity contribution in [2.75, 3.05) is 0 Å². The lowest BCUT2D eigenvalue weighted by Crippen LogP contribution is -2.31. The molecule has 0 aliphatic rings. The lowest BCUT2D eigenvalue weighted by molar-refractivity contribution is -0.138. The Morgan fingerprint density at radius 2 is 0.731 bits per heavy atom. The van der Waals surface area contributed by atoms with E-state index in [1.807, 2.05) is 62.4 Å². The molecule has 6 aromatic rings. The van der Waals surface area contributed by atoms with Gasteiger partial charge in [0.25, 0.3) is 0 Å². The molecule has 6 aromatic carbocycles. The number of ketones is 1. The van der Waals surface area contributed by atoms with Crippen molar-refractivity contribution in [3.63, 3.8) is 0 Å². The van der Waals surface area contributed by atoms with Gasteiger partial charge in [0.1, 0.15) is 5.78 Å². The number of carbonyl (C=O) groups is 1. The molecule has 0 fully saturated rings. The molecule has 0 N–H and O–H groups in total. The molecule has 1 nitrogen and oxygen atoms in total. The number of carbonyl (C=O) groups excluding carboxylic acids is 1. The highest BCUT2D eigenvalue weighted by Crippen LogP contribution is 2.48. The van der Waals surface area contributed by atoms with Crippen molar-refractivity contribution in [3.05, 3.63) is 213 Å². The first-order chi connectivity index (χ1) is 24.8. The minimum Gasteiger partial charge on any atom is -0.298 e. The molecule has 0 bridgehead atoms. The topological polar surface area (TPSA) is 17.1 Å². The summed E-state index contributed by atoms with van der Waals surface area (Å²) >= 11 is 0. The van der Waals surface area contributed by atoms with Gasteiger partial charge in [-0.2, -0.15) is 26.3 Å². The molecule has 7 heteroatoms. The fourth-order valence-corrected chi connectivity index (χ4v) is 7.08. The van der Waals surface area contributed by atoms with Crippen LogP contribution in [0.1, 0.15) is 79.3 Å². The molecule has 0 saturated heterocycles. The Bertz CT molecular complexity index is 1950. The normalized spacial score (nSPS) is 14.3. The van der Waals surface area contributed by atoms with Crippen molar-refractivity contribution in [1.82, 2.24) is 0 Å². The first-order valence-corrected chi connectivity index (χ1v) is 16.9. The fraction of sp³-hybridized carbons (Fsp3) is 0.178. The number of halogens is 6. The Hall–Kier alpha value is -5.43. The summed E-state index contributed by atoms with van der Waals surface area (Å²) in [5.41, 5.74) is 3.16. The van der Waals surface area contributed by atoms with Gasteiger partial charge in [-0.15, -0.1) is 0 Å². The lowest BCUT2D eigenvalue weighted by atomic mass is 9.66. The smallest absolute Gasteiger partial charge is 0.298 e. The average Bonchev–Trinajstić information content (AvgIpc) is 3.13. The molecule has 52 heavy (non-hydrogen) atoms. The monoisotopic (exact) mass is 706 g/mol. The van der Waals surface area contributed by atoms with E-state index in [1.165, 1.54) is 12.1 Å². The SMILES string of the molecule is Cc1ccc(C(c2cccc(C(F)(F)F)c2)C(C(=O)C(c2ccccc2)C(c2ccc(C)cc2)c2cccc(C(F)(F)F)c2)c2ccccc2)cc1. The quantitative estimate of drug-likeness (QED) is 0.130. The summed E-state index contributed by atoms with van der Waals surface area (Å²) in [7, 11) is 0. The second-order valence-electron chi connectivity index (χ2n) is 13.2. The summed E-state index contributed by atoms with van der Waals surface area (Å²) in [4.78, 5) is 15.9. The third-order valence-electron chi connectivity index (χ3n) is 9.62. The van der Waals surface area contributed by atoms with Crippen molar-refractivity contribution in [1.29, 1.82) is 0 Å². The molecule has 4 unspecified atom stereocenters. The highest BCUT2D eigenvalue weighted by atomic mass is 19.4. The molecule has 0 amide bonds. The number of hydrogen-bond donors (Lipinski definition) is 0. The van der Waals surface area contributed by atoms with Crippen LogP contribution in [0.5, 0.6) is 0 Å². The van der Waals surface area contributed by atoms with Crippen LogP contribution in [-0.2, 0) is 17.1 Å². The minimum atomic E-state index is -4.63. The van der Waals surface area contributed by atoms with Gasteiger partial charge in [-0.05, 0) is 59.4 Å². The summed E-state index contributed by atoms with van der Waals surface area (Å²) in [5, 5.41) is 0. The minimum absolute atomic E-state index is 0.290. The maximum absolute atomic E-state index is 15.9. The van der Waals surface area contributed by atoms with Gasteiger partial charge in [0, 0.05) is 11.8 Å². The van der Waals surface area contributed by atoms with E-state index in [2.05, 4.69) is 0 Å². The van der Waals surface area contributed by atoms with E-state index >= 15 is 4.79 Å². The molecule has 0 aliphatic heterocycles. The first kappa shape index (κ1) is 36.4. The molecule has 0 heterocycles. The Labute approximate surface area is 299 Å². The highest BCUT2D eigenvalue weighted by molar-refractivity contribution is 5.94. The van der Waals surface area contributed by atoms with Crippen molar-refractivity contribution < 1.29 is 31.1 Å². The van der Waals surface area contributed by atoms with E-state index < -0.39 is 47.2 Å². The average molecular weight is 707 g/mol. The zero-order valence-corrected chi connectivity index (χ0v) is 28.5. The zero-order chi connectivity index (χ0) is 37.0. The number of aryl methyl sites for hydroxylation is 2. The van der Waals surface area contributed by atoms with E-state index in [4.69, 9.17) is 0 Å². The van der Waals surface area contributed by atoms with E-state index in [-0.39, 0.29) is 5.78 Å². The van der Waals surface area contributed by atoms with Gasteiger partial charge in [0.15, 0.2) is 0 Å². The molecule has 0 aromatic heterocycles. The standard InChI is InChI=1S/C45H36F6O/c1-29-19-23-33(24-20-29)39(35-15-9-17-37(27-35)44(46,47)48)41(31-11-5-3-6-12-31)43(52)42(32-13-7-4-8-14-32)40(34-25-21-30(2)22-26-34)36-16-10-18-38(28-36)45(49,50)51/h3-28,39-42H,1-2H3. The Morgan fingerprint density at radius 1 is 0.404 bits per heavy atom. The fourth-order valence-electron chi connectivity index (χ4n) is 7.08. The van der Waals surface area contributed by atoms with Gasteiger partial charge in [-0.1, -0.05) is 157 Å². The van der Waals surface area contributed by atoms with Crippen molar-refractivity contribution in [2.45, 2.75) is 49.9 Å². The van der Waals surface area contributed by atoms with Crippen molar-refractivity contribution in [3.8, 4) is 0 Å². The Balaban J connectivity index is 1.65. The predicted octanol–water partition coefficient (Wildman–Crippen LogP) is 12.4. The predicted molar refractivity (Wildman–Crippen MR) is 192 cm³/mol. The van der Waals surface area contributed by atoms with Gasteiger partial charge in [-0.25, -0.2) is 0 Å². The maximum Gasteiger partial charge on any atom is 0.416 e. The van der Waals surface area contributed by atoms with Gasteiger partial charge in [0.2, 0.25) is 0 Å². The number of Topliss-reactive ketones (excluding diaryl/α,β-unsaturated/α-hetero) is 1. The van der Waals surface area contributed by atoms with Crippen LogP contribution < -0.4 is 0 Å². The van der Waals surface area contributed by atoms with Gasteiger partial charge in [-0.3, -0.25) is 4.79 Å². The molecule has 0 aliphatic carbocycles. The summed E-state index contributed by atoms with van der Waals surface area (Å²) < 4.78 is 85.2. The van der Waals surface area contributed by atoms with E-state index in [0.717, 1.165) is 35.4 Å². The summed E-state index contributed by atoms with van der Waals surface area (Å²) in [5.74, 6) is -4.20. The number of alkyl halides is 6. The maximum atomic E-state index is 15.9. The number of rotatable bonds is 10. The largest absolute Gasteiger partial charge is 0.416 e. The molecule has 264 valence electrons. The van der Waals surface area contributed by atoms with Crippen LogP contribution in [0, 0.1) is 13.8 Å². The van der Waals surface area contributed by atoms with Crippen LogP contribution >= 0.6 is 0 Å². The van der Waals surface area contributed by atoms with Gasteiger partial charge < -0.3 is 0 Å². The second kappa shape index (κ2) is 15.0. The second-order valence-corrected chi connectivity index (χ2v) is 13.2. The van der Waals surface area contributed by atoms with Crippen LogP contribution in [0.3, 0.4) is 0 Å². The summed E-state index contributed by atoms with van der Waals surface area (Å²) in [6.45, 7) is 3.80. The molecule has 0 spiro atoms. The van der Waals surface area contributed by atoms with E-state index in [1.54, 1.807) is 72.8 Å². The molecule has 0 radical (unpaired) electrons. The van der Waals surface area contributed by atoms with Crippen molar-refractivity contribution in [2.24, 2.45) is 0 Å². The first-order valence-electron chi connectivity index (χ1n) is 16.9. The van der Waals surface area contributed by atoms with Crippen LogP contribution in [0.15, 0.2) is 158 Å². The van der Waals surface area contributed by atoms with Crippen LogP contribution in [-0.4, -0.2) is 5.78 Å². The Kier molecular flexibility index (Phi) is 10.5. The zero-order valence-electron chi connectivity index (χ0n) is 28.5. The molecule has 6 rings (SSSR count). The van der Waals surface area contributed by atoms with E-state index in [9.17, 15) is 26.3 Å².